The number of nitrogens with zero attached hydrogens (tertiary/aromatic N) is 1. The number of hydrogen-bond acceptors (Lipinski definition) is 2. The molecule has 0 aliphatic rings. The van der Waals surface area contributed by atoms with Crippen LogP contribution < -0.4 is 2.89 Å². The van der Waals surface area contributed by atoms with E-state index in [0.717, 1.165) is 0 Å². The third-order valence-electron chi connectivity index (χ3n) is 1.58. The Morgan fingerprint density at radius 2 is 2.50 bits per heavy atom. The van der Waals surface area contributed by atoms with E-state index in [1.165, 1.54) is 36.8 Å². The summed E-state index contributed by atoms with van der Waals surface area (Å²) in [6.07, 6.45) is 3.21. The van der Waals surface area contributed by atoms with Crippen LogP contribution in [-0.2, 0) is 0 Å². The normalized spacial score (nSPS) is 13.5. The van der Waals surface area contributed by atoms with E-state index in [1.54, 1.807) is 0 Å². The van der Waals surface area contributed by atoms with E-state index in [4.69, 9.17) is 0 Å². The maximum absolute atomic E-state index is 4.34. The molecule has 1 aromatic rings. The van der Waals surface area contributed by atoms with Crippen LogP contribution >= 0.6 is 11.3 Å². The SMILES string of the molecule is CCC(C)c1nc[c]([SnH])s1. The Hall–Kier alpha value is 0.429. The molecule has 1 atom stereocenters. The predicted octanol–water partition coefficient (Wildman–Crippen LogP) is 1.18. The van der Waals surface area contributed by atoms with Crippen molar-refractivity contribution < 1.29 is 0 Å². The third-order valence-corrected chi connectivity index (χ3v) is 4.07. The Labute approximate surface area is 79.0 Å². The van der Waals surface area contributed by atoms with E-state index in [1.807, 2.05) is 17.5 Å². The molecule has 0 saturated carbocycles. The summed E-state index contributed by atoms with van der Waals surface area (Å²) in [6, 6.07) is 0. The summed E-state index contributed by atoms with van der Waals surface area (Å²) in [4.78, 5) is 4.34. The first-order chi connectivity index (χ1) is 4.74. The molecule has 0 amide bonds. The van der Waals surface area contributed by atoms with Gasteiger partial charge in [0, 0.05) is 0 Å². The standard InChI is InChI=1S/C7H10NS.Sn.H/c1-3-6(2)7-8-4-5-9-7;;/h4,6H,3H2,1-2H3;;. The fourth-order valence-electron chi connectivity index (χ4n) is 0.703. The molecular formula is C7H11NSSn. The van der Waals surface area contributed by atoms with Gasteiger partial charge in [0.2, 0.25) is 0 Å². The van der Waals surface area contributed by atoms with Crippen molar-refractivity contribution in [1.82, 2.24) is 4.98 Å². The van der Waals surface area contributed by atoms with Gasteiger partial charge in [-0.15, -0.1) is 0 Å². The van der Waals surface area contributed by atoms with Crippen LogP contribution in [0.4, 0.5) is 0 Å². The van der Waals surface area contributed by atoms with Crippen LogP contribution in [0.5, 0.6) is 0 Å². The molecule has 1 heterocycles. The molecule has 0 spiro atoms. The van der Waals surface area contributed by atoms with Crippen LogP contribution in [0.1, 0.15) is 31.2 Å². The van der Waals surface area contributed by atoms with Crippen LogP contribution in [0, 0.1) is 0 Å². The summed E-state index contributed by atoms with van der Waals surface area (Å²) in [5, 5.41) is 1.31. The number of aromatic nitrogens is 1. The van der Waals surface area contributed by atoms with Crippen molar-refractivity contribution in [3.63, 3.8) is 0 Å². The van der Waals surface area contributed by atoms with Gasteiger partial charge in [-0.1, -0.05) is 0 Å². The van der Waals surface area contributed by atoms with Gasteiger partial charge in [-0.2, -0.15) is 0 Å². The molecule has 1 nitrogen and oxygen atoms in total. The van der Waals surface area contributed by atoms with Crippen molar-refractivity contribution >= 4 is 36.8 Å². The van der Waals surface area contributed by atoms with Gasteiger partial charge in [0.05, 0.1) is 0 Å². The molecule has 10 heavy (non-hydrogen) atoms. The molecule has 0 aliphatic carbocycles. The average Bonchev–Trinajstić information content (AvgIpc) is 2.34. The Morgan fingerprint density at radius 3 is 2.90 bits per heavy atom. The van der Waals surface area contributed by atoms with Gasteiger partial charge in [-0.25, -0.2) is 0 Å². The molecule has 2 radical (unpaired) electrons. The van der Waals surface area contributed by atoms with Crippen LogP contribution in [0.3, 0.4) is 0 Å². The molecule has 0 fully saturated rings. The summed E-state index contributed by atoms with van der Waals surface area (Å²) in [7, 11) is 0. The monoisotopic (exact) mass is 261 g/mol. The van der Waals surface area contributed by atoms with Gasteiger partial charge in [0.25, 0.3) is 0 Å². The fourth-order valence-corrected chi connectivity index (χ4v) is 2.77. The summed E-state index contributed by atoms with van der Waals surface area (Å²) in [5.41, 5.74) is 0. The minimum atomic E-state index is 0.658. The Kier molecular flexibility index (Phi) is 3.17. The molecule has 1 aromatic heterocycles. The molecule has 0 N–H and O–H groups in total. The van der Waals surface area contributed by atoms with Gasteiger partial charge < -0.3 is 0 Å². The van der Waals surface area contributed by atoms with Crippen molar-refractivity contribution in [1.29, 1.82) is 0 Å². The number of rotatable bonds is 2. The van der Waals surface area contributed by atoms with Crippen LogP contribution in [0.25, 0.3) is 0 Å². The zero-order valence-electron chi connectivity index (χ0n) is 6.29. The van der Waals surface area contributed by atoms with E-state index in [9.17, 15) is 0 Å². The van der Waals surface area contributed by atoms with E-state index in [0.29, 0.717) is 5.92 Å². The second-order valence-electron chi connectivity index (χ2n) is 2.41. The van der Waals surface area contributed by atoms with Crippen LogP contribution in [0.2, 0.25) is 0 Å². The van der Waals surface area contributed by atoms with E-state index in [2.05, 4.69) is 18.8 Å². The molecule has 0 aliphatic heterocycles. The minimum absolute atomic E-state index is 0.658. The first-order valence-electron chi connectivity index (χ1n) is 3.45. The summed E-state index contributed by atoms with van der Waals surface area (Å²) >= 11 is 3.08. The van der Waals surface area contributed by atoms with Crippen molar-refractivity contribution in [2.45, 2.75) is 26.2 Å². The molecule has 0 saturated heterocycles. The zero-order valence-corrected chi connectivity index (χ0v) is 10.4. The fraction of sp³-hybridized carbons (Fsp3) is 0.571. The van der Waals surface area contributed by atoms with Crippen molar-refractivity contribution in [2.24, 2.45) is 0 Å². The first kappa shape index (κ1) is 8.52. The molecule has 1 rings (SSSR count). The molecular weight excluding hydrogens is 249 g/mol. The summed E-state index contributed by atoms with van der Waals surface area (Å²) in [6.45, 7) is 4.44. The average molecular weight is 260 g/mol. The molecule has 1 unspecified atom stereocenters. The third kappa shape index (κ3) is 1.95. The molecule has 0 aromatic carbocycles. The van der Waals surface area contributed by atoms with E-state index < -0.39 is 0 Å². The molecule has 0 bridgehead atoms. The van der Waals surface area contributed by atoms with Gasteiger partial charge in [-0.05, 0) is 0 Å². The number of hydrogen-bond donors (Lipinski definition) is 0. The van der Waals surface area contributed by atoms with Gasteiger partial charge in [0.15, 0.2) is 0 Å². The van der Waals surface area contributed by atoms with Crippen molar-refractivity contribution in [3.8, 4) is 0 Å². The first-order valence-corrected chi connectivity index (χ1v) is 5.91. The van der Waals surface area contributed by atoms with E-state index >= 15 is 0 Å². The number of thiazole rings is 1. The Balaban J connectivity index is 2.74. The van der Waals surface area contributed by atoms with Crippen LogP contribution in [-0.4, -0.2) is 27.5 Å². The van der Waals surface area contributed by atoms with Gasteiger partial charge >= 0.3 is 79.1 Å². The van der Waals surface area contributed by atoms with E-state index in [-0.39, 0.29) is 0 Å². The van der Waals surface area contributed by atoms with Crippen molar-refractivity contribution in [2.75, 3.05) is 0 Å². The molecule has 54 valence electrons. The topological polar surface area (TPSA) is 12.9 Å². The quantitative estimate of drug-likeness (QED) is 0.727. The Bertz CT molecular complexity index is 209. The molecule has 3 heteroatoms. The van der Waals surface area contributed by atoms with Crippen molar-refractivity contribution in [3.05, 3.63) is 11.2 Å². The predicted molar refractivity (Wildman–Crippen MR) is 47.6 cm³/mol. The van der Waals surface area contributed by atoms with Gasteiger partial charge in [0.1, 0.15) is 0 Å². The summed E-state index contributed by atoms with van der Waals surface area (Å²) < 4.78 is 1.45. The zero-order chi connectivity index (χ0) is 7.56. The second-order valence-corrected chi connectivity index (χ2v) is 6.47. The maximum atomic E-state index is 4.34. The van der Waals surface area contributed by atoms with Crippen LogP contribution in [0.15, 0.2) is 6.20 Å². The van der Waals surface area contributed by atoms with Gasteiger partial charge in [-0.3, -0.25) is 0 Å². The Morgan fingerprint density at radius 1 is 1.80 bits per heavy atom. The summed E-state index contributed by atoms with van der Waals surface area (Å²) in [5.74, 6) is 0.658. The second kappa shape index (κ2) is 3.71.